The maximum Gasteiger partial charge on any atom is 0.433 e. The summed E-state index contributed by atoms with van der Waals surface area (Å²) in [5.41, 5.74) is 4.08. The van der Waals surface area contributed by atoms with Crippen molar-refractivity contribution in [2.45, 2.75) is 25.2 Å². The molecule has 0 aliphatic carbocycles. The van der Waals surface area contributed by atoms with Gasteiger partial charge in [0.05, 0.1) is 58.1 Å². The van der Waals surface area contributed by atoms with Crippen LogP contribution in [0.4, 0.5) is 32.6 Å². The molecule has 0 radical (unpaired) electrons. The molecule has 0 saturated carbocycles. The van der Waals surface area contributed by atoms with E-state index in [1.165, 1.54) is 55.2 Å². The average Bonchev–Trinajstić information content (AvgIpc) is 3.53. The summed E-state index contributed by atoms with van der Waals surface area (Å²) < 4.78 is 111. The van der Waals surface area contributed by atoms with Crippen molar-refractivity contribution in [1.82, 2.24) is 24.3 Å². The van der Waals surface area contributed by atoms with Gasteiger partial charge in [-0.2, -0.15) is 18.3 Å². The molecule has 0 fully saturated rings. The minimum atomic E-state index is -4.76. The first-order valence-corrected chi connectivity index (χ1v) is 19.8. The quantitative estimate of drug-likeness (QED) is 0.129. The van der Waals surface area contributed by atoms with Crippen LogP contribution in [0.15, 0.2) is 95.8 Å². The molecule has 1 atom stereocenters. The number of anilines is 1. The maximum atomic E-state index is 14.9. The standard InChI is InChI=1S/C40H31ClF5N7O6S/c1-51-35-31(14-13-28(41)34(35)37(50-51)52(60(3,56)57)20-21-7-10-26(58-2)11-8-21)53-36(32(59-39(47)55)17-22-15-24(42)19-25(43)16-22)49-30-18-23(9-12-27(30)38(53)54)29-5-4-6-33(48-29)40(44,45)46/h4-16,18-19,32H,17,20H2,1-3H3,(H2,47,55)/t32-/m0/s1. The number of sulfonamides is 1. The lowest BCUT2D eigenvalue weighted by atomic mass is 10.0. The minimum absolute atomic E-state index is 0.00457. The second kappa shape index (κ2) is 15.9. The van der Waals surface area contributed by atoms with E-state index in [0.717, 1.165) is 39.4 Å². The van der Waals surface area contributed by atoms with Crippen molar-refractivity contribution in [3.05, 3.63) is 141 Å². The summed E-state index contributed by atoms with van der Waals surface area (Å²) in [5, 5.41) is 4.58. The molecule has 13 nitrogen and oxygen atoms in total. The van der Waals surface area contributed by atoms with Gasteiger partial charge in [-0.3, -0.25) is 14.0 Å². The number of carbonyl (C=O) groups is 1. The Labute approximate surface area is 342 Å². The summed E-state index contributed by atoms with van der Waals surface area (Å²) in [6, 6.07) is 19.3. The van der Waals surface area contributed by atoms with Gasteiger partial charge in [-0.15, -0.1) is 0 Å². The topological polar surface area (TPSA) is 165 Å². The van der Waals surface area contributed by atoms with Gasteiger partial charge in [0.15, 0.2) is 17.7 Å². The number of rotatable bonds is 11. The minimum Gasteiger partial charge on any atom is -0.497 e. The molecule has 0 saturated heterocycles. The number of fused-ring (bicyclic) bond motifs is 2. The van der Waals surface area contributed by atoms with E-state index in [4.69, 9.17) is 26.8 Å². The summed E-state index contributed by atoms with van der Waals surface area (Å²) in [4.78, 5) is 35.7. The summed E-state index contributed by atoms with van der Waals surface area (Å²) >= 11 is 6.80. The zero-order valence-corrected chi connectivity index (χ0v) is 33.1. The van der Waals surface area contributed by atoms with Crippen LogP contribution >= 0.6 is 11.6 Å². The van der Waals surface area contributed by atoms with Crippen molar-refractivity contribution in [2.24, 2.45) is 12.8 Å². The SMILES string of the molecule is COc1ccc(CN(c2nn(C)c3c(-n4c([C@H](Cc5cc(F)cc(F)c5)OC(N)=O)nc5cc(-c6cccc(C(F)(F)F)n6)ccc5c4=O)ccc(Cl)c23)S(C)(=O)=O)cc1. The normalized spacial score (nSPS) is 12.5. The van der Waals surface area contributed by atoms with Crippen LogP contribution in [0.3, 0.4) is 0 Å². The van der Waals surface area contributed by atoms with Crippen molar-refractivity contribution >= 4 is 55.3 Å². The average molecular weight is 868 g/mol. The van der Waals surface area contributed by atoms with Crippen LogP contribution in [0, 0.1) is 11.6 Å². The van der Waals surface area contributed by atoms with Gasteiger partial charge in [0, 0.05) is 25.1 Å². The summed E-state index contributed by atoms with van der Waals surface area (Å²) in [6.45, 7) is -0.194. The van der Waals surface area contributed by atoms with Gasteiger partial charge in [-0.1, -0.05) is 35.9 Å². The van der Waals surface area contributed by atoms with E-state index >= 15 is 0 Å². The van der Waals surface area contributed by atoms with Crippen LogP contribution < -0.4 is 20.3 Å². The van der Waals surface area contributed by atoms with E-state index in [1.54, 1.807) is 24.3 Å². The molecule has 60 heavy (non-hydrogen) atoms. The van der Waals surface area contributed by atoms with Crippen molar-refractivity contribution < 1.29 is 44.6 Å². The molecule has 3 aromatic heterocycles. The van der Waals surface area contributed by atoms with Crippen LogP contribution in [-0.2, 0) is 40.9 Å². The highest BCUT2D eigenvalue weighted by atomic mass is 35.5. The van der Waals surface area contributed by atoms with Gasteiger partial charge in [0.2, 0.25) is 10.0 Å². The molecule has 0 bridgehead atoms. The van der Waals surface area contributed by atoms with E-state index < -0.39 is 57.7 Å². The molecule has 1 amide bonds. The largest absolute Gasteiger partial charge is 0.497 e. The zero-order chi connectivity index (χ0) is 43.3. The summed E-state index contributed by atoms with van der Waals surface area (Å²) in [6.07, 6.45) is -7.26. The highest BCUT2D eigenvalue weighted by molar-refractivity contribution is 7.92. The Kier molecular flexibility index (Phi) is 11.0. The molecule has 7 aromatic rings. The fraction of sp³-hybridized carbons (Fsp3) is 0.175. The number of carbonyl (C=O) groups excluding carboxylic acids is 1. The Morgan fingerprint density at radius 1 is 0.950 bits per heavy atom. The lowest BCUT2D eigenvalue weighted by Crippen LogP contribution is -2.30. The Morgan fingerprint density at radius 3 is 2.28 bits per heavy atom. The molecule has 7 rings (SSSR count). The number of hydrogen-bond acceptors (Lipinski definition) is 9. The number of halogens is 6. The van der Waals surface area contributed by atoms with E-state index in [-0.39, 0.29) is 67.5 Å². The number of hydrogen-bond donors (Lipinski definition) is 1. The number of nitrogens with zero attached hydrogens (tertiary/aromatic N) is 6. The fourth-order valence-corrected chi connectivity index (χ4v) is 7.83. The van der Waals surface area contributed by atoms with Crippen LogP contribution in [0.2, 0.25) is 5.02 Å². The third-order valence-corrected chi connectivity index (χ3v) is 10.8. The predicted molar refractivity (Wildman–Crippen MR) is 212 cm³/mol. The molecular formula is C40H31ClF5N7O6S. The van der Waals surface area contributed by atoms with Gasteiger partial charge >= 0.3 is 12.3 Å². The molecule has 310 valence electrons. The molecule has 0 aliphatic rings. The maximum absolute atomic E-state index is 14.9. The number of methoxy groups -OCH3 is 1. The number of aromatic nitrogens is 5. The number of primary amides is 1. The number of aryl methyl sites for hydroxylation is 1. The zero-order valence-electron chi connectivity index (χ0n) is 31.5. The molecule has 20 heteroatoms. The van der Waals surface area contributed by atoms with Gasteiger partial charge in [0.1, 0.15) is 23.1 Å². The Bertz CT molecular complexity index is 2980. The van der Waals surface area contributed by atoms with E-state index in [9.17, 15) is 40.0 Å². The Morgan fingerprint density at radius 2 is 1.65 bits per heavy atom. The molecule has 4 aromatic carbocycles. The highest BCUT2D eigenvalue weighted by Gasteiger charge is 2.33. The Hall–Kier alpha value is -6.60. The van der Waals surface area contributed by atoms with E-state index in [2.05, 4.69) is 15.1 Å². The number of ether oxygens (including phenoxy) is 2. The van der Waals surface area contributed by atoms with Gasteiger partial charge in [-0.05, 0) is 71.8 Å². The van der Waals surface area contributed by atoms with Gasteiger partial charge < -0.3 is 15.2 Å². The van der Waals surface area contributed by atoms with Crippen LogP contribution in [0.5, 0.6) is 5.75 Å². The smallest absolute Gasteiger partial charge is 0.433 e. The lowest BCUT2D eigenvalue weighted by Gasteiger charge is -2.23. The van der Waals surface area contributed by atoms with Crippen molar-refractivity contribution in [2.75, 3.05) is 17.7 Å². The molecule has 0 spiro atoms. The van der Waals surface area contributed by atoms with Crippen LogP contribution in [0.1, 0.15) is 28.7 Å². The first-order valence-electron chi connectivity index (χ1n) is 17.6. The number of alkyl halides is 3. The number of pyridine rings is 1. The van der Waals surface area contributed by atoms with Gasteiger partial charge in [-0.25, -0.2) is 36.3 Å². The fourth-order valence-electron chi connectivity index (χ4n) is 6.77. The van der Waals surface area contributed by atoms with Crippen LogP contribution in [-0.4, -0.2) is 52.2 Å². The second-order valence-electron chi connectivity index (χ2n) is 13.5. The van der Waals surface area contributed by atoms with Crippen molar-refractivity contribution in [3.8, 4) is 22.7 Å². The van der Waals surface area contributed by atoms with E-state index in [0.29, 0.717) is 17.4 Å². The van der Waals surface area contributed by atoms with Gasteiger partial charge in [0.25, 0.3) is 5.56 Å². The number of nitrogens with two attached hydrogens (primary N) is 1. The lowest BCUT2D eigenvalue weighted by molar-refractivity contribution is -0.141. The molecule has 0 aliphatic heterocycles. The molecular weight excluding hydrogens is 837 g/mol. The number of benzene rings is 4. The third kappa shape index (κ3) is 8.30. The monoisotopic (exact) mass is 867 g/mol. The highest BCUT2D eigenvalue weighted by Crippen LogP contribution is 2.39. The first-order chi connectivity index (χ1) is 28.3. The molecule has 2 N–H and O–H groups in total. The second-order valence-corrected chi connectivity index (χ2v) is 15.8. The molecule has 0 unspecified atom stereocenters. The third-order valence-electron chi connectivity index (χ3n) is 9.38. The summed E-state index contributed by atoms with van der Waals surface area (Å²) in [5.74, 6) is -1.85. The first kappa shape index (κ1) is 41.6. The van der Waals surface area contributed by atoms with Crippen molar-refractivity contribution in [3.63, 3.8) is 0 Å². The van der Waals surface area contributed by atoms with E-state index in [1.807, 2.05) is 0 Å². The molecule has 3 heterocycles. The summed E-state index contributed by atoms with van der Waals surface area (Å²) in [7, 11) is -1.11. The Balaban J connectivity index is 1.50. The van der Waals surface area contributed by atoms with Crippen molar-refractivity contribution in [1.29, 1.82) is 0 Å². The van der Waals surface area contributed by atoms with Crippen LogP contribution in [0.25, 0.3) is 38.8 Å². The predicted octanol–water partition coefficient (Wildman–Crippen LogP) is 7.64. The number of amides is 1.